The first-order valence-electron chi connectivity index (χ1n) is 8.50. The molecule has 1 atom stereocenters. The van der Waals surface area contributed by atoms with Gasteiger partial charge in [0.15, 0.2) is 0 Å². The van der Waals surface area contributed by atoms with Gasteiger partial charge < -0.3 is 15.0 Å². The lowest BCUT2D eigenvalue weighted by Gasteiger charge is -2.50. The topological polar surface area (TPSA) is 80.2 Å². The van der Waals surface area contributed by atoms with Gasteiger partial charge in [0.1, 0.15) is 11.3 Å². The van der Waals surface area contributed by atoms with Crippen molar-refractivity contribution in [3.05, 3.63) is 34.5 Å². The van der Waals surface area contributed by atoms with E-state index in [4.69, 9.17) is 4.74 Å². The van der Waals surface area contributed by atoms with Crippen molar-refractivity contribution in [2.45, 2.75) is 25.4 Å². The monoisotopic (exact) mass is 359 g/mol. The number of nitrogens with zero attached hydrogens (tertiary/aromatic N) is 4. The number of aromatic nitrogens is 3. The summed E-state index contributed by atoms with van der Waals surface area (Å²) in [5.74, 6) is 1.12. The van der Waals surface area contributed by atoms with E-state index in [9.17, 15) is 4.79 Å². The van der Waals surface area contributed by atoms with E-state index in [0.717, 1.165) is 31.6 Å². The largest absolute Gasteiger partial charge is 0.371 e. The van der Waals surface area contributed by atoms with Crippen LogP contribution in [0.5, 0.6) is 0 Å². The van der Waals surface area contributed by atoms with Crippen molar-refractivity contribution in [3.63, 3.8) is 0 Å². The van der Waals surface area contributed by atoms with Crippen LogP contribution >= 0.6 is 11.3 Å². The quantitative estimate of drug-likeness (QED) is 0.879. The van der Waals surface area contributed by atoms with Gasteiger partial charge in [0.05, 0.1) is 18.6 Å². The maximum atomic E-state index is 12.3. The average Bonchev–Trinajstić information content (AvgIpc) is 3.24. The molecular weight excluding hydrogens is 338 g/mol. The average molecular weight is 359 g/mol. The molecule has 7 nitrogen and oxygen atoms in total. The molecule has 0 unspecified atom stereocenters. The van der Waals surface area contributed by atoms with E-state index in [1.165, 1.54) is 11.3 Å². The molecule has 2 aromatic rings. The molecule has 0 aliphatic carbocycles. The Morgan fingerprint density at radius 3 is 2.92 bits per heavy atom. The Labute approximate surface area is 150 Å². The SMILES string of the molecule is Cc1cnc(NCC[C@H]2CCOC23CN(C(=O)c2cscn2)C3)nc1. The lowest BCUT2D eigenvalue weighted by atomic mass is 9.79. The van der Waals surface area contributed by atoms with Crippen LogP contribution in [-0.2, 0) is 4.74 Å². The van der Waals surface area contributed by atoms with Crippen LogP contribution in [0, 0.1) is 12.8 Å². The van der Waals surface area contributed by atoms with Gasteiger partial charge in [-0.3, -0.25) is 4.79 Å². The number of anilines is 1. The van der Waals surface area contributed by atoms with Crippen molar-refractivity contribution in [3.8, 4) is 0 Å². The molecule has 4 rings (SSSR count). The molecule has 25 heavy (non-hydrogen) atoms. The highest BCUT2D eigenvalue weighted by atomic mass is 32.1. The molecule has 1 N–H and O–H groups in total. The summed E-state index contributed by atoms with van der Waals surface area (Å²) in [7, 11) is 0. The Morgan fingerprint density at radius 1 is 1.40 bits per heavy atom. The van der Waals surface area contributed by atoms with Crippen molar-refractivity contribution in [1.82, 2.24) is 19.9 Å². The number of carbonyl (C=O) groups excluding carboxylic acids is 1. The molecule has 0 bridgehead atoms. The number of nitrogens with one attached hydrogen (secondary N) is 1. The number of rotatable bonds is 5. The second-order valence-corrected chi connectivity index (χ2v) is 7.45. The van der Waals surface area contributed by atoms with Gasteiger partial charge in [-0.2, -0.15) is 0 Å². The van der Waals surface area contributed by atoms with Crippen LogP contribution in [0.3, 0.4) is 0 Å². The summed E-state index contributed by atoms with van der Waals surface area (Å²) in [6, 6.07) is 0. The predicted molar refractivity (Wildman–Crippen MR) is 94.7 cm³/mol. The Bertz CT molecular complexity index is 728. The van der Waals surface area contributed by atoms with Crippen molar-refractivity contribution in [2.24, 2.45) is 5.92 Å². The number of aryl methyl sites for hydroxylation is 1. The molecule has 2 aliphatic heterocycles. The van der Waals surface area contributed by atoms with Gasteiger partial charge in [-0.1, -0.05) is 0 Å². The second-order valence-electron chi connectivity index (χ2n) is 6.73. The molecule has 8 heteroatoms. The van der Waals surface area contributed by atoms with Gasteiger partial charge in [-0.05, 0) is 31.2 Å². The maximum absolute atomic E-state index is 12.3. The predicted octanol–water partition coefficient (Wildman–Crippen LogP) is 1.97. The molecule has 2 saturated heterocycles. The highest BCUT2D eigenvalue weighted by Gasteiger charge is 2.54. The van der Waals surface area contributed by atoms with E-state index in [2.05, 4.69) is 20.3 Å². The first-order valence-corrected chi connectivity index (χ1v) is 9.44. The number of amides is 1. The number of hydrogen-bond donors (Lipinski definition) is 1. The third-order valence-corrected chi connectivity index (χ3v) is 5.60. The van der Waals surface area contributed by atoms with Crippen molar-refractivity contribution in [2.75, 3.05) is 31.6 Å². The summed E-state index contributed by atoms with van der Waals surface area (Å²) in [5, 5.41) is 5.07. The summed E-state index contributed by atoms with van der Waals surface area (Å²) in [4.78, 5) is 26.8. The van der Waals surface area contributed by atoms with E-state index >= 15 is 0 Å². The number of thiazole rings is 1. The van der Waals surface area contributed by atoms with E-state index < -0.39 is 0 Å². The van der Waals surface area contributed by atoms with E-state index in [-0.39, 0.29) is 11.5 Å². The Hall–Kier alpha value is -2.06. The highest BCUT2D eigenvalue weighted by molar-refractivity contribution is 7.07. The van der Waals surface area contributed by atoms with Crippen LogP contribution in [0.15, 0.2) is 23.3 Å². The van der Waals surface area contributed by atoms with Crippen molar-refractivity contribution in [1.29, 1.82) is 0 Å². The fraction of sp³-hybridized carbons (Fsp3) is 0.529. The van der Waals surface area contributed by atoms with Crippen LogP contribution in [0.2, 0.25) is 0 Å². The molecule has 132 valence electrons. The van der Waals surface area contributed by atoms with Crippen LogP contribution < -0.4 is 5.32 Å². The molecule has 2 aliphatic rings. The fourth-order valence-electron chi connectivity index (χ4n) is 3.61. The second kappa shape index (κ2) is 6.68. The lowest BCUT2D eigenvalue weighted by molar-refractivity contribution is -0.117. The van der Waals surface area contributed by atoms with E-state index in [1.807, 2.05) is 24.2 Å². The number of carbonyl (C=O) groups is 1. The van der Waals surface area contributed by atoms with Gasteiger partial charge in [-0.15, -0.1) is 11.3 Å². The van der Waals surface area contributed by atoms with E-state index in [1.54, 1.807) is 10.9 Å². The zero-order valence-electron chi connectivity index (χ0n) is 14.1. The lowest BCUT2D eigenvalue weighted by Crippen LogP contribution is -2.66. The molecule has 0 saturated carbocycles. The molecule has 2 aromatic heterocycles. The smallest absolute Gasteiger partial charge is 0.273 e. The summed E-state index contributed by atoms with van der Waals surface area (Å²) in [5.41, 5.74) is 3.10. The molecule has 1 amide bonds. The summed E-state index contributed by atoms with van der Waals surface area (Å²) in [6.45, 7) is 4.87. The van der Waals surface area contributed by atoms with Gasteiger partial charge in [0, 0.05) is 30.9 Å². The minimum absolute atomic E-state index is 0.00676. The van der Waals surface area contributed by atoms with Gasteiger partial charge >= 0.3 is 0 Å². The van der Waals surface area contributed by atoms with Crippen molar-refractivity contribution >= 4 is 23.2 Å². The van der Waals surface area contributed by atoms with Crippen LogP contribution in [0.1, 0.15) is 28.9 Å². The number of hydrogen-bond acceptors (Lipinski definition) is 7. The molecule has 2 fully saturated rings. The standard InChI is InChI=1S/C17H21N5O2S/c1-12-6-19-16(20-7-12)18-4-2-13-3-5-24-17(13)9-22(10-17)15(23)14-8-25-11-21-14/h6-8,11,13H,2-5,9-10H2,1H3,(H,18,19,20)/t13-/m0/s1. The first-order chi connectivity index (χ1) is 12.2. The van der Waals surface area contributed by atoms with Gasteiger partial charge in [0.2, 0.25) is 5.95 Å². The number of likely N-dealkylation sites (tertiary alicyclic amines) is 1. The van der Waals surface area contributed by atoms with Crippen LogP contribution in [0.25, 0.3) is 0 Å². The fourth-order valence-corrected chi connectivity index (χ4v) is 4.13. The van der Waals surface area contributed by atoms with Crippen LogP contribution in [-0.4, -0.2) is 57.6 Å². The molecule has 1 spiro atoms. The zero-order valence-corrected chi connectivity index (χ0v) is 15.0. The summed E-state index contributed by atoms with van der Waals surface area (Å²) in [6.07, 6.45) is 5.64. The zero-order chi connectivity index (χ0) is 17.3. The Morgan fingerprint density at radius 2 is 2.20 bits per heavy atom. The molecular formula is C17H21N5O2S. The highest BCUT2D eigenvalue weighted by Crippen LogP contribution is 2.42. The van der Waals surface area contributed by atoms with Crippen molar-refractivity contribution < 1.29 is 9.53 Å². The summed E-state index contributed by atoms with van der Waals surface area (Å²) >= 11 is 1.44. The third-order valence-electron chi connectivity index (χ3n) is 5.01. The molecule has 0 radical (unpaired) electrons. The third kappa shape index (κ3) is 3.23. The molecule has 4 heterocycles. The van der Waals surface area contributed by atoms with Gasteiger partial charge in [0.25, 0.3) is 5.91 Å². The van der Waals surface area contributed by atoms with Gasteiger partial charge in [-0.25, -0.2) is 15.0 Å². The Kier molecular flexibility index (Phi) is 4.39. The maximum Gasteiger partial charge on any atom is 0.273 e. The minimum Gasteiger partial charge on any atom is -0.371 e. The van der Waals surface area contributed by atoms with Crippen LogP contribution in [0.4, 0.5) is 5.95 Å². The summed E-state index contributed by atoms with van der Waals surface area (Å²) < 4.78 is 6.03. The normalized spacial score (nSPS) is 21.3. The van der Waals surface area contributed by atoms with E-state index in [0.29, 0.717) is 30.6 Å². The number of ether oxygens (including phenoxy) is 1. The first kappa shape index (κ1) is 16.4. The minimum atomic E-state index is -0.179. The molecule has 0 aromatic carbocycles. The Balaban J connectivity index is 1.29.